The number of carbonyl (C=O) groups excluding carboxylic acids is 1. The first-order chi connectivity index (χ1) is 7.91. The number of rotatable bonds is 3. The molecule has 0 saturated heterocycles. The minimum atomic E-state index is -1.26. The number of hydrogen-bond acceptors (Lipinski definition) is 4. The van der Waals surface area contributed by atoms with Crippen molar-refractivity contribution < 1.29 is 19.8 Å². The van der Waals surface area contributed by atoms with Gasteiger partial charge in [0.2, 0.25) is 0 Å². The monoisotopic (exact) mass is 239 g/mol. The Morgan fingerprint density at radius 2 is 1.94 bits per heavy atom. The zero-order chi connectivity index (χ0) is 13.0. The molecule has 1 aromatic rings. The Labute approximate surface area is 97.6 Å². The zero-order valence-corrected chi connectivity index (χ0v) is 9.39. The van der Waals surface area contributed by atoms with Gasteiger partial charge in [-0.2, -0.15) is 0 Å². The third-order valence-electron chi connectivity index (χ3n) is 1.84. The van der Waals surface area contributed by atoms with Crippen LogP contribution in [-0.2, 0) is 0 Å². The number of phenols is 1. The van der Waals surface area contributed by atoms with Gasteiger partial charge in [0.05, 0.1) is 5.69 Å². The van der Waals surface area contributed by atoms with Crippen LogP contribution >= 0.6 is 0 Å². The van der Waals surface area contributed by atoms with Crippen LogP contribution in [0.3, 0.4) is 0 Å². The molecule has 92 valence electrons. The molecule has 1 aromatic carbocycles. The molecule has 0 aliphatic heterocycles. The Kier molecular flexibility index (Phi) is 3.89. The number of carboxylic acids is 1. The van der Waals surface area contributed by atoms with Crippen molar-refractivity contribution in [1.29, 1.82) is 0 Å². The third kappa shape index (κ3) is 3.35. The van der Waals surface area contributed by atoms with Crippen molar-refractivity contribution >= 4 is 17.7 Å². The quantitative estimate of drug-likeness (QED) is 0.459. The minimum Gasteiger partial charge on any atom is -0.505 e. The van der Waals surface area contributed by atoms with Crippen molar-refractivity contribution in [3.8, 4) is 5.75 Å². The maximum atomic E-state index is 11.3. The topological polar surface area (TPSA) is 102 Å². The van der Waals surface area contributed by atoms with Crippen LogP contribution < -0.4 is 10.7 Å². The van der Waals surface area contributed by atoms with Crippen LogP contribution in [0.4, 0.5) is 10.5 Å². The van der Waals surface area contributed by atoms with Gasteiger partial charge in [-0.1, -0.05) is 6.07 Å². The predicted octanol–water partition coefficient (Wildman–Crippen LogP) is 0.688. The Bertz CT molecular complexity index is 445. The van der Waals surface area contributed by atoms with Crippen LogP contribution in [0.5, 0.6) is 5.75 Å². The van der Waals surface area contributed by atoms with Gasteiger partial charge in [-0.15, -0.1) is 0 Å². The zero-order valence-electron chi connectivity index (χ0n) is 9.39. The van der Waals surface area contributed by atoms with Crippen LogP contribution in [0, 0.1) is 0 Å². The highest BCUT2D eigenvalue weighted by Crippen LogP contribution is 2.27. The molecular weight excluding hydrogens is 226 g/mol. The fourth-order valence-corrected chi connectivity index (χ4v) is 1.17. The summed E-state index contributed by atoms with van der Waals surface area (Å²) in [5, 5.41) is 22.1. The second kappa shape index (κ2) is 5.17. The molecular formula is C10H13N3O4. The van der Waals surface area contributed by atoms with E-state index in [2.05, 4.69) is 10.7 Å². The number of hydrazine groups is 1. The molecule has 0 unspecified atom stereocenters. The first kappa shape index (κ1) is 12.8. The van der Waals surface area contributed by atoms with Gasteiger partial charge in [0.15, 0.2) is 5.75 Å². The summed E-state index contributed by atoms with van der Waals surface area (Å²) in [6.45, 7) is 0. The van der Waals surface area contributed by atoms with Crippen molar-refractivity contribution in [3.05, 3.63) is 23.8 Å². The lowest BCUT2D eigenvalue weighted by molar-refractivity contribution is 0.0693. The number of aromatic carboxylic acids is 1. The highest BCUT2D eigenvalue weighted by atomic mass is 16.4. The van der Waals surface area contributed by atoms with Crippen LogP contribution in [-0.4, -0.2) is 41.3 Å². The molecule has 2 amide bonds. The molecule has 7 heteroatoms. The van der Waals surface area contributed by atoms with Gasteiger partial charge in [-0.05, 0) is 12.1 Å². The van der Waals surface area contributed by atoms with Gasteiger partial charge in [0, 0.05) is 14.1 Å². The fourth-order valence-electron chi connectivity index (χ4n) is 1.17. The molecule has 0 aliphatic carbocycles. The molecule has 0 bridgehead atoms. The second-order valence-electron chi connectivity index (χ2n) is 3.47. The molecule has 17 heavy (non-hydrogen) atoms. The minimum absolute atomic E-state index is 0.0317. The number of carboxylic acid groups (broad SMARTS) is 1. The van der Waals surface area contributed by atoms with Crippen LogP contribution in [0.2, 0.25) is 0 Å². The number of nitrogens with one attached hydrogen (secondary N) is 2. The summed E-state index contributed by atoms with van der Waals surface area (Å²) in [4.78, 5) is 22.1. The lowest BCUT2D eigenvalue weighted by Crippen LogP contribution is -2.39. The standard InChI is InChI=1S/C10H13N3O4/c1-13(2)12-10(17)11-7-5-3-4-6(8(7)14)9(15)16/h3-5,14H,1-2H3,(H,15,16)(H2,11,12,17). The van der Waals surface area contributed by atoms with Crippen molar-refractivity contribution in [2.24, 2.45) is 0 Å². The number of urea groups is 1. The molecule has 0 aromatic heterocycles. The average Bonchev–Trinajstić information content (AvgIpc) is 2.19. The molecule has 4 N–H and O–H groups in total. The Morgan fingerprint density at radius 1 is 1.29 bits per heavy atom. The van der Waals surface area contributed by atoms with E-state index in [1.807, 2.05) is 0 Å². The van der Waals surface area contributed by atoms with E-state index < -0.39 is 17.7 Å². The Balaban J connectivity index is 2.89. The normalized spacial score (nSPS) is 10.1. The number of benzene rings is 1. The van der Waals surface area contributed by atoms with E-state index in [4.69, 9.17) is 5.11 Å². The van der Waals surface area contributed by atoms with Gasteiger partial charge in [0.25, 0.3) is 0 Å². The second-order valence-corrected chi connectivity index (χ2v) is 3.47. The van der Waals surface area contributed by atoms with Gasteiger partial charge in [-0.3, -0.25) is 5.43 Å². The summed E-state index contributed by atoms with van der Waals surface area (Å²) in [5.74, 6) is -1.74. The lowest BCUT2D eigenvalue weighted by atomic mass is 10.2. The number of nitrogens with zero attached hydrogens (tertiary/aromatic N) is 1. The van der Waals surface area contributed by atoms with E-state index in [-0.39, 0.29) is 11.3 Å². The van der Waals surface area contributed by atoms with Crippen LogP contribution in [0.25, 0.3) is 0 Å². The molecule has 7 nitrogen and oxygen atoms in total. The molecule has 0 fully saturated rings. The summed E-state index contributed by atoms with van der Waals surface area (Å²) >= 11 is 0. The van der Waals surface area contributed by atoms with Gasteiger partial charge >= 0.3 is 12.0 Å². The van der Waals surface area contributed by atoms with Crippen LogP contribution in [0.1, 0.15) is 10.4 Å². The molecule has 0 aliphatic rings. The molecule has 0 heterocycles. The number of amides is 2. The van der Waals surface area contributed by atoms with E-state index in [1.165, 1.54) is 23.2 Å². The van der Waals surface area contributed by atoms with Crippen LogP contribution in [0.15, 0.2) is 18.2 Å². The molecule has 0 radical (unpaired) electrons. The number of carbonyl (C=O) groups is 2. The third-order valence-corrected chi connectivity index (χ3v) is 1.84. The first-order valence-electron chi connectivity index (χ1n) is 4.72. The highest BCUT2D eigenvalue weighted by Gasteiger charge is 2.14. The first-order valence-corrected chi connectivity index (χ1v) is 4.72. The molecule has 0 spiro atoms. The van der Waals surface area contributed by atoms with Gasteiger partial charge in [-0.25, -0.2) is 14.6 Å². The summed E-state index contributed by atoms with van der Waals surface area (Å²) in [7, 11) is 3.24. The molecule has 1 rings (SSSR count). The lowest BCUT2D eigenvalue weighted by Gasteiger charge is -2.14. The SMILES string of the molecule is CN(C)NC(=O)Nc1cccc(C(=O)O)c1O. The largest absolute Gasteiger partial charge is 0.505 e. The maximum absolute atomic E-state index is 11.3. The summed E-state index contributed by atoms with van der Waals surface area (Å²) < 4.78 is 0. The average molecular weight is 239 g/mol. The molecule has 0 saturated carbocycles. The predicted molar refractivity (Wildman–Crippen MR) is 60.9 cm³/mol. The maximum Gasteiger partial charge on any atom is 0.339 e. The highest BCUT2D eigenvalue weighted by molar-refractivity contribution is 5.97. The van der Waals surface area contributed by atoms with Gasteiger partial charge < -0.3 is 15.5 Å². The summed E-state index contributed by atoms with van der Waals surface area (Å²) in [6.07, 6.45) is 0. The fraction of sp³-hybridized carbons (Fsp3) is 0.200. The van der Waals surface area contributed by atoms with Gasteiger partial charge in [0.1, 0.15) is 5.56 Å². The van der Waals surface area contributed by atoms with E-state index in [9.17, 15) is 14.7 Å². The Hall–Kier alpha value is -2.28. The van der Waals surface area contributed by atoms with E-state index >= 15 is 0 Å². The van der Waals surface area contributed by atoms with E-state index in [0.29, 0.717) is 0 Å². The number of para-hydroxylation sites is 1. The van der Waals surface area contributed by atoms with Crippen molar-refractivity contribution in [2.45, 2.75) is 0 Å². The van der Waals surface area contributed by atoms with Crippen molar-refractivity contribution in [3.63, 3.8) is 0 Å². The number of hydrogen-bond donors (Lipinski definition) is 4. The number of aromatic hydroxyl groups is 1. The summed E-state index contributed by atoms with van der Waals surface area (Å²) in [6, 6.07) is 3.49. The van der Waals surface area contributed by atoms with E-state index in [1.54, 1.807) is 14.1 Å². The van der Waals surface area contributed by atoms with Crippen molar-refractivity contribution in [2.75, 3.05) is 19.4 Å². The Morgan fingerprint density at radius 3 is 2.47 bits per heavy atom. The smallest absolute Gasteiger partial charge is 0.339 e. The van der Waals surface area contributed by atoms with E-state index in [0.717, 1.165) is 0 Å². The van der Waals surface area contributed by atoms with Crippen molar-refractivity contribution in [1.82, 2.24) is 10.4 Å². The molecule has 0 atom stereocenters. The summed E-state index contributed by atoms with van der Waals surface area (Å²) in [5.41, 5.74) is 2.15. The number of anilines is 1.